The summed E-state index contributed by atoms with van der Waals surface area (Å²) >= 11 is 0. The molecule has 1 aliphatic rings. The van der Waals surface area contributed by atoms with Crippen molar-refractivity contribution in [1.29, 1.82) is 0 Å². The molecule has 2 heterocycles. The molecule has 0 radical (unpaired) electrons. The van der Waals surface area contributed by atoms with Gasteiger partial charge in [0.1, 0.15) is 0 Å². The van der Waals surface area contributed by atoms with Crippen LogP contribution < -0.4 is 4.74 Å². The first-order valence-electron chi connectivity index (χ1n) is 9.51. The summed E-state index contributed by atoms with van der Waals surface area (Å²) in [5.74, 6) is -1.33. The summed E-state index contributed by atoms with van der Waals surface area (Å²) in [5.41, 5.74) is 2.26. The third kappa shape index (κ3) is 4.72. The number of ketones is 1. The molecule has 0 aliphatic carbocycles. The zero-order chi connectivity index (χ0) is 22.1. The lowest BCUT2D eigenvalue weighted by atomic mass is 10.1. The van der Waals surface area contributed by atoms with Crippen molar-refractivity contribution in [3.8, 4) is 5.75 Å². The first kappa shape index (κ1) is 22.0. The van der Waals surface area contributed by atoms with Crippen LogP contribution in [0.2, 0.25) is 0 Å². The van der Waals surface area contributed by atoms with Crippen molar-refractivity contribution >= 4 is 21.6 Å². The van der Waals surface area contributed by atoms with Gasteiger partial charge in [0.25, 0.3) is 0 Å². The first-order chi connectivity index (χ1) is 14.1. The number of aryl methyl sites for hydroxylation is 1. The number of benzene rings is 1. The lowest BCUT2D eigenvalue weighted by molar-refractivity contribution is -0.141. The summed E-state index contributed by atoms with van der Waals surface area (Å²) in [7, 11) is -1.71. The minimum Gasteiger partial charge on any atom is -0.494 e. The standard InChI is InChI=1S/C21H24FNO6S/c1-13-8-17(14(2)23(13)16-6-7-30(26,27)12-16)19(24)11-29-21(25)10-15-4-5-20(28-3)18(22)9-15/h4-5,8-9,16H,6-7,10-12H2,1-3H3. The van der Waals surface area contributed by atoms with E-state index in [-0.39, 0.29) is 35.5 Å². The van der Waals surface area contributed by atoms with Crippen LogP contribution in [0.1, 0.15) is 39.8 Å². The van der Waals surface area contributed by atoms with Gasteiger partial charge in [-0.25, -0.2) is 12.8 Å². The minimum absolute atomic E-state index is 0.0599. The fraction of sp³-hybridized carbons (Fsp3) is 0.429. The Kier molecular flexibility index (Phi) is 6.30. The molecule has 9 heteroatoms. The Bertz CT molecular complexity index is 1090. The van der Waals surface area contributed by atoms with Crippen molar-refractivity contribution in [3.05, 3.63) is 52.6 Å². The van der Waals surface area contributed by atoms with Gasteiger partial charge in [-0.2, -0.15) is 0 Å². The maximum atomic E-state index is 13.7. The van der Waals surface area contributed by atoms with Crippen LogP contribution in [0.5, 0.6) is 5.75 Å². The maximum absolute atomic E-state index is 13.7. The largest absolute Gasteiger partial charge is 0.494 e. The molecule has 1 aliphatic heterocycles. The lowest BCUT2D eigenvalue weighted by Gasteiger charge is -2.16. The quantitative estimate of drug-likeness (QED) is 0.488. The molecule has 1 aromatic heterocycles. The number of rotatable bonds is 7. The summed E-state index contributed by atoms with van der Waals surface area (Å²) in [6, 6.07) is 5.65. The SMILES string of the molecule is COc1ccc(CC(=O)OCC(=O)c2cc(C)n(C3CCS(=O)(=O)C3)c2C)cc1F. The molecular weight excluding hydrogens is 413 g/mol. The fourth-order valence-electron chi connectivity index (χ4n) is 3.86. The summed E-state index contributed by atoms with van der Waals surface area (Å²) < 4.78 is 49.1. The molecule has 30 heavy (non-hydrogen) atoms. The Morgan fingerprint density at radius 3 is 2.57 bits per heavy atom. The number of hydrogen-bond donors (Lipinski definition) is 0. The highest BCUT2D eigenvalue weighted by molar-refractivity contribution is 7.91. The molecule has 3 rings (SSSR count). The Morgan fingerprint density at radius 1 is 1.23 bits per heavy atom. The molecule has 1 aromatic carbocycles. The highest BCUT2D eigenvalue weighted by atomic mass is 32.2. The van der Waals surface area contributed by atoms with Crippen LogP contribution in [0, 0.1) is 19.7 Å². The third-order valence-electron chi connectivity index (χ3n) is 5.29. The van der Waals surface area contributed by atoms with E-state index < -0.39 is 28.2 Å². The first-order valence-corrected chi connectivity index (χ1v) is 11.3. The molecule has 1 fully saturated rings. The second kappa shape index (κ2) is 8.59. The van der Waals surface area contributed by atoms with Gasteiger partial charge in [-0.15, -0.1) is 0 Å². The monoisotopic (exact) mass is 437 g/mol. The van der Waals surface area contributed by atoms with Gasteiger partial charge < -0.3 is 14.0 Å². The molecule has 1 saturated heterocycles. The molecule has 0 spiro atoms. The van der Waals surface area contributed by atoms with E-state index in [0.717, 1.165) is 5.69 Å². The van der Waals surface area contributed by atoms with Crippen LogP contribution in [0.3, 0.4) is 0 Å². The highest BCUT2D eigenvalue weighted by Gasteiger charge is 2.31. The molecule has 1 unspecified atom stereocenters. The molecule has 162 valence electrons. The second-order valence-corrected chi connectivity index (χ2v) is 9.67. The number of ether oxygens (including phenoxy) is 2. The Balaban J connectivity index is 1.63. The molecule has 0 N–H and O–H groups in total. The van der Waals surface area contributed by atoms with Gasteiger partial charge in [-0.05, 0) is 44.0 Å². The molecule has 1 atom stereocenters. The van der Waals surface area contributed by atoms with E-state index in [0.29, 0.717) is 23.2 Å². The molecule has 7 nitrogen and oxygen atoms in total. The highest BCUT2D eigenvalue weighted by Crippen LogP contribution is 2.29. The molecule has 0 amide bonds. The van der Waals surface area contributed by atoms with Gasteiger partial charge in [-0.1, -0.05) is 6.07 Å². The Hall–Kier alpha value is -2.68. The van der Waals surface area contributed by atoms with Gasteiger partial charge in [0, 0.05) is 23.0 Å². The van der Waals surface area contributed by atoms with Crippen molar-refractivity contribution < 1.29 is 31.9 Å². The van der Waals surface area contributed by atoms with Gasteiger partial charge in [-0.3, -0.25) is 9.59 Å². The predicted molar refractivity (Wildman–Crippen MR) is 108 cm³/mol. The number of nitrogens with zero attached hydrogens (tertiary/aromatic N) is 1. The number of methoxy groups -OCH3 is 1. The van der Waals surface area contributed by atoms with Crippen LogP contribution in [-0.2, 0) is 25.8 Å². The van der Waals surface area contributed by atoms with Crippen molar-refractivity contribution in [1.82, 2.24) is 4.57 Å². The van der Waals surface area contributed by atoms with Crippen LogP contribution in [0.4, 0.5) is 4.39 Å². The number of hydrogen-bond acceptors (Lipinski definition) is 6. The average Bonchev–Trinajstić information content (AvgIpc) is 3.17. The number of carbonyl (C=O) groups excluding carboxylic acids is 2. The van der Waals surface area contributed by atoms with Crippen LogP contribution in [0.25, 0.3) is 0 Å². The van der Waals surface area contributed by atoms with Crippen LogP contribution >= 0.6 is 0 Å². The van der Waals surface area contributed by atoms with Crippen LogP contribution in [-0.4, -0.2) is 50.0 Å². The molecule has 0 saturated carbocycles. The van der Waals surface area contributed by atoms with Crippen molar-refractivity contribution in [3.63, 3.8) is 0 Å². The van der Waals surface area contributed by atoms with E-state index in [4.69, 9.17) is 9.47 Å². The predicted octanol–water partition coefficient (Wildman–Crippen LogP) is 2.58. The lowest BCUT2D eigenvalue weighted by Crippen LogP contribution is -2.17. The van der Waals surface area contributed by atoms with Crippen molar-refractivity contribution in [2.75, 3.05) is 25.2 Å². The van der Waals surface area contributed by atoms with Crippen molar-refractivity contribution in [2.24, 2.45) is 0 Å². The van der Waals surface area contributed by atoms with E-state index in [2.05, 4.69) is 0 Å². The number of Topliss-reactive ketones (excluding diaryl/α,β-unsaturated/α-hetero) is 1. The average molecular weight is 437 g/mol. The maximum Gasteiger partial charge on any atom is 0.310 e. The van der Waals surface area contributed by atoms with E-state index >= 15 is 0 Å². The van der Waals surface area contributed by atoms with Gasteiger partial charge >= 0.3 is 5.97 Å². The van der Waals surface area contributed by atoms with Gasteiger partial charge in [0.2, 0.25) is 5.78 Å². The van der Waals surface area contributed by atoms with E-state index in [9.17, 15) is 22.4 Å². The number of halogens is 1. The molecular formula is C21H24FNO6S. The Labute approximate surface area is 174 Å². The van der Waals surface area contributed by atoms with Crippen molar-refractivity contribution in [2.45, 2.75) is 32.7 Å². The van der Waals surface area contributed by atoms with Gasteiger partial charge in [0.15, 0.2) is 28.0 Å². The fourth-order valence-corrected chi connectivity index (χ4v) is 5.56. The summed E-state index contributed by atoms with van der Waals surface area (Å²) in [6.45, 7) is 3.14. The van der Waals surface area contributed by atoms with Crippen LogP contribution in [0.15, 0.2) is 24.3 Å². The smallest absolute Gasteiger partial charge is 0.310 e. The number of aromatic nitrogens is 1. The van der Waals surface area contributed by atoms with E-state index in [1.54, 1.807) is 19.1 Å². The number of carbonyl (C=O) groups is 2. The summed E-state index contributed by atoms with van der Waals surface area (Å²) in [4.78, 5) is 24.6. The number of sulfone groups is 1. The normalized spacial score (nSPS) is 17.7. The zero-order valence-electron chi connectivity index (χ0n) is 17.1. The molecule has 2 aromatic rings. The van der Waals surface area contributed by atoms with E-state index in [1.807, 2.05) is 11.5 Å². The summed E-state index contributed by atoms with van der Waals surface area (Å²) in [5, 5.41) is 0. The minimum atomic E-state index is -3.06. The topological polar surface area (TPSA) is 91.7 Å². The Morgan fingerprint density at radius 2 is 1.97 bits per heavy atom. The van der Waals surface area contributed by atoms with E-state index in [1.165, 1.54) is 19.2 Å². The summed E-state index contributed by atoms with van der Waals surface area (Å²) in [6.07, 6.45) is 0.340. The number of esters is 1. The second-order valence-electron chi connectivity index (χ2n) is 7.44. The third-order valence-corrected chi connectivity index (χ3v) is 7.04. The van der Waals surface area contributed by atoms with Gasteiger partial charge in [0.05, 0.1) is 25.0 Å². The zero-order valence-corrected chi connectivity index (χ0v) is 17.9. The molecule has 0 bridgehead atoms.